The van der Waals surface area contributed by atoms with Gasteiger partial charge >= 0.3 is 5.97 Å². The second-order valence-corrected chi connectivity index (χ2v) is 4.79. The van der Waals surface area contributed by atoms with Crippen molar-refractivity contribution in [3.63, 3.8) is 0 Å². The monoisotopic (exact) mass is 276 g/mol. The average Bonchev–Trinajstić information content (AvgIpc) is 2.52. The maximum absolute atomic E-state index is 11.7. The zero-order valence-electron chi connectivity index (χ0n) is 11.2. The molecule has 0 aliphatic carbocycles. The summed E-state index contributed by atoms with van der Waals surface area (Å²) in [6.45, 7) is 3.81. The van der Waals surface area contributed by atoms with E-state index in [-0.39, 0.29) is 5.56 Å². The van der Waals surface area contributed by atoms with Crippen LogP contribution in [0.25, 0.3) is 27.6 Å². The van der Waals surface area contributed by atoms with E-state index in [1.54, 1.807) is 24.3 Å². The van der Waals surface area contributed by atoms with Crippen molar-refractivity contribution < 1.29 is 14.7 Å². The van der Waals surface area contributed by atoms with E-state index >= 15 is 0 Å². The average molecular weight is 276 g/mol. The molecule has 0 amide bonds. The highest BCUT2D eigenvalue weighted by Gasteiger charge is 2.15. The molecule has 1 N–H and O–H groups in total. The number of aliphatic carboxylic acids is 1. The molecule has 3 rings (SSSR count). The van der Waals surface area contributed by atoms with Crippen LogP contribution in [0.3, 0.4) is 0 Å². The summed E-state index contributed by atoms with van der Waals surface area (Å²) < 4.78 is 0. The Morgan fingerprint density at radius 1 is 1.00 bits per heavy atom. The van der Waals surface area contributed by atoms with Crippen LogP contribution in [0.1, 0.15) is 15.9 Å². The number of rotatable bonds is 3. The minimum Gasteiger partial charge on any atom is -0.475 e. The summed E-state index contributed by atoms with van der Waals surface area (Å²) in [5.41, 5.74) is 1.14. The van der Waals surface area contributed by atoms with Crippen molar-refractivity contribution in [2.24, 2.45) is 0 Å². The fraction of sp³-hybridized carbons (Fsp3) is 0. The number of carboxylic acids is 1. The quantitative estimate of drug-likeness (QED) is 0.448. The van der Waals surface area contributed by atoms with Crippen molar-refractivity contribution in [3.05, 3.63) is 66.2 Å². The number of carbonyl (C=O) groups excluding carboxylic acids is 1. The summed E-state index contributed by atoms with van der Waals surface area (Å²) in [6, 6.07) is 14.8. The first-order valence-corrected chi connectivity index (χ1v) is 6.47. The van der Waals surface area contributed by atoms with Crippen molar-refractivity contribution in [3.8, 4) is 0 Å². The summed E-state index contributed by atoms with van der Waals surface area (Å²) in [4.78, 5) is 22.5. The van der Waals surface area contributed by atoms with E-state index in [0.29, 0.717) is 0 Å². The third-order valence-corrected chi connectivity index (χ3v) is 3.57. The lowest BCUT2D eigenvalue weighted by molar-refractivity contribution is -0.131. The lowest BCUT2D eigenvalue weighted by Gasteiger charge is -2.08. The first kappa shape index (κ1) is 13.1. The van der Waals surface area contributed by atoms with Crippen molar-refractivity contribution in [2.45, 2.75) is 0 Å². The highest BCUT2D eigenvalue weighted by Crippen LogP contribution is 2.29. The van der Waals surface area contributed by atoms with Gasteiger partial charge in [0, 0.05) is 5.56 Å². The zero-order chi connectivity index (χ0) is 15.0. The molecule has 3 nitrogen and oxygen atoms in total. The Labute approximate surface area is 121 Å². The topological polar surface area (TPSA) is 54.4 Å². The van der Waals surface area contributed by atoms with E-state index in [1.165, 1.54) is 0 Å². The summed E-state index contributed by atoms with van der Waals surface area (Å²) in [7, 11) is 0. The van der Waals surface area contributed by atoms with Crippen molar-refractivity contribution >= 4 is 39.4 Å². The Kier molecular flexibility index (Phi) is 3.03. The number of Topliss-reactive ketones (excluding diaryl/α,β-unsaturated/α-hetero) is 1. The van der Waals surface area contributed by atoms with Crippen LogP contribution in [0.4, 0.5) is 0 Å². The largest absolute Gasteiger partial charge is 0.475 e. The number of benzene rings is 3. The van der Waals surface area contributed by atoms with E-state index < -0.39 is 11.8 Å². The molecule has 3 aromatic carbocycles. The summed E-state index contributed by atoms with van der Waals surface area (Å²) >= 11 is 0. The molecular formula is C18H12O3. The Morgan fingerprint density at radius 2 is 1.71 bits per heavy atom. The Bertz CT molecular complexity index is 907. The third kappa shape index (κ3) is 2.09. The smallest absolute Gasteiger partial charge is 0.377 e. The molecule has 3 aromatic rings. The molecule has 21 heavy (non-hydrogen) atoms. The van der Waals surface area contributed by atoms with E-state index in [2.05, 4.69) is 6.58 Å². The molecule has 0 atom stereocenters. The molecule has 0 unspecified atom stereocenters. The first-order chi connectivity index (χ1) is 10.1. The molecule has 0 radical (unpaired) electrons. The summed E-state index contributed by atoms with van der Waals surface area (Å²) in [5, 5.41) is 12.7. The minimum atomic E-state index is -1.45. The maximum Gasteiger partial charge on any atom is 0.377 e. The maximum atomic E-state index is 11.7. The zero-order valence-corrected chi connectivity index (χ0v) is 11.2. The molecule has 0 fully saturated rings. The molecule has 0 bridgehead atoms. The van der Waals surface area contributed by atoms with Crippen LogP contribution in [0.15, 0.2) is 55.1 Å². The molecule has 0 saturated heterocycles. The van der Waals surface area contributed by atoms with E-state index in [0.717, 1.165) is 27.1 Å². The minimum absolute atomic E-state index is 0.182. The van der Waals surface area contributed by atoms with Gasteiger partial charge in [0.15, 0.2) is 0 Å². The number of fused-ring (bicyclic) bond motifs is 3. The number of carboxylic acid groups (broad SMARTS) is 1. The molecular weight excluding hydrogens is 264 g/mol. The van der Waals surface area contributed by atoms with Gasteiger partial charge in [-0.3, -0.25) is 4.79 Å². The van der Waals surface area contributed by atoms with E-state index in [4.69, 9.17) is 5.11 Å². The second-order valence-electron chi connectivity index (χ2n) is 4.79. The van der Waals surface area contributed by atoms with Crippen molar-refractivity contribution in [1.29, 1.82) is 0 Å². The van der Waals surface area contributed by atoms with Crippen LogP contribution < -0.4 is 0 Å². The number of hydrogen-bond donors (Lipinski definition) is 1. The van der Waals surface area contributed by atoms with Gasteiger partial charge in [0.1, 0.15) is 0 Å². The Balaban J connectivity index is 2.42. The van der Waals surface area contributed by atoms with Crippen LogP contribution in [0, 0.1) is 0 Å². The van der Waals surface area contributed by atoms with Crippen LogP contribution in [-0.4, -0.2) is 16.9 Å². The van der Waals surface area contributed by atoms with Gasteiger partial charge in [-0.05, 0) is 33.2 Å². The fourth-order valence-corrected chi connectivity index (χ4v) is 2.57. The number of ketones is 1. The van der Waals surface area contributed by atoms with Crippen LogP contribution >= 0.6 is 0 Å². The van der Waals surface area contributed by atoms with E-state index in [1.807, 2.05) is 30.3 Å². The molecule has 102 valence electrons. The van der Waals surface area contributed by atoms with Crippen molar-refractivity contribution in [2.75, 3.05) is 0 Å². The van der Waals surface area contributed by atoms with Crippen molar-refractivity contribution in [1.82, 2.24) is 0 Å². The van der Waals surface area contributed by atoms with Gasteiger partial charge in [-0.25, -0.2) is 4.79 Å². The van der Waals surface area contributed by atoms with Crippen LogP contribution in [0.5, 0.6) is 0 Å². The van der Waals surface area contributed by atoms with Crippen LogP contribution in [0.2, 0.25) is 0 Å². The predicted molar refractivity (Wildman–Crippen MR) is 83.5 cm³/mol. The van der Waals surface area contributed by atoms with Gasteiger partial charge < -0.3 is 5.11 Å². The molecule has 0 aromatic heterocycles. The molecule has 0 heterocycles. The number of carbonyl (C=O) groups is 2. The highest BCUT2D eigenvalue weighted by atomic mass is 16.4. The lowest BCUT2D eigenvalue weighted by atomic mass is 9.95. The summed E-state index contributed by atoms with van der Waals surface area (Å²) in [5.74, 6) is -2.34. The predicted octanol–water partition coefficient (Wildman–Crippen LogP) is 3.90. The second kappa shape index (κ2) is 4.87. The SMILES string of the molecule is C=Cc1cccc2ccc3ccc(C(=O)C(=O)O)cc3c12. The standard InChI is InChI=1S/C18H12O3/c1-2-11-4-3-5-13-8-6-12-7-9-14(17(19)18(20)21)10-15(12)16(11)13/h2-10H,1H2,(H,20,21). The highest BCUT2D eigenvalue weighted by molar-refractivity contribution is 6.40. The molecule has 0 aliphatic heterocycles. The van der Waals surface area contributed by atoms with Gasteiger partial charge in [-0.1, -0.05) is 55.1 Å². The van der Waals surface area contributed by atoms with Gasteiger partial charge in [-0.2, -0.15) is 0 Å². The third-order valence-electron chi connectivity index (χ3n) is 3.57. The molecule has 0 spiro atoms. The van der Waals surface area contributed by atoms with Crippen LogP contribution in [-0.2, 0) is 4.79 Å². The van der Waals surface area contributed by atoms with Gasteiger partial charge in [0.25, 0.3) is 5.78 Å². The first-order valence-electron chi connectivity index (χ1n) is 6.47. The Hall–Kier alpha value is -2.94. The fourth-order valence-electron chi connectivity index (χ4n) is 2.57. The normalized spacial score (nSPS) is 10.7. The number of hydrogen-bond acceptors (Lipinski definition) is 2. The molecule has 3 heteroatoms. The van der Waals surface area contributed by atoms with E-state index in [9.17, 15) is 9.59 Å². The molecule has 0 aliphatic rings. The van der Waals surface area contributed by atoms with Gasteiger partial charge in [0.05, 0.1) is 0 Å². The van der Waals surface area contributed by atoms with Gasteiger partial charge in [-0.15, -0.1) is 0 Å². The summed E-state index contributed by atoms with van der Waals surface area (Å²) in [6.07, 6.45) is 1.76. The lowest BCUT2D eigenvalue weighted by Crippen LogP contribution is -2.12. The molecule has 0 saturated carbocycles. The Morgan fingerprint density at radius 3 is 2.43 bits per heavy atom. The van der Waals surface area contributed by atoms with Gasteiger partial charge in [0.2, 0.25) is 0 Å².